The molecule has 2 aliphatic heterocycles. The molecule has 4 heterocycles. The van der Waals surface area contributed by atoms with Crippen molar-refractivity contribution >= 4 is 39.6 Å². The number of fused-ring (bicyclic) bond motifs is 4. The Morgan fingerprint density at radius 1 is 1.22 bits per heavy atom. The lowest BCUT2D eigenvalue weighted by Gasteiger charge is -2.29. The van der Waals surface area contributed by atoms with Crippen LogP contribution in [-0.2, 0) is 9.47 Å². The summed E-state index contributed by atoms with van der Waals surface area (Å²) >= 11 is 0. The molecular weight excluding hydrogens is 531 g/mol. The molecule has 0 saturated carbocycles. The van der Waals surface area contributed by atoms with Gasteiger partial charge in [-0.25, -0.2) is 14.0 Å². The van der Waals surface area contributed by atoms with Gasteiger partial charge in [-0.2, -0.15) is 0 Å². The highest BCUT2D eigenvalue weighted by Gasteiger charge is 2.35. The number of pyridine rings is 2. The summed E-state index contributed by atoms with van der Waals surface area (Å²) in [4.78, 5) is 44.9. The van der Waals surface area contributed by atoms with Crippen molar-refractivity contribution in [1.29, 1.82) is 0 Å². The van der Waals surface area contributed by atoms with E-state index in [1.807, 2.05) is 12.1 Å². The van der Waals surface area contributed by atoms with E-state index in [1.165, 1.54) is 6.20 Å². The van der Waals surface area contributed by atoms with Gasteiger partial charge in [0.2, 0.25) is 5.43 Å². The molecule has 0 spiro atoms. The average Bonchev–Trinajstić information content (AvgIpc) is 3.36. The van der Waals surface area contributed by atoms with E-state index in [1.54, 1.807) is 55.5 Å². The van der Waals surface area contributed by atoms with Crippen LogP contribution < -0.4 is 20.4 Å². The third kappa shape index (κ3) is 4.60. The Bertz CT molecular complexity index is 1790. The van der Waals surface area contributed by atoms with Gasteiger partial charge in [0.1, 0.15) is 27.9 Å². The van der Waals surface area contributed by atoms with Gasteiger partial charge < -0.3 is 29.0 Å². The number of alkyl carbamates (subject to hydrolysis) is 1. The quantitative estimate of drug-likeness (QED) is 0.304. The SMILES string of the molecule is CCOC(=O)c1cn2c3c(c(N4CC[C@H](NC(=O)OC(C)(C)C)C4)c(F)cc3c1=O)Oc1c-2ccc2cccnc12. The third-order valence-electron chi connectivity index (χ3n) is 7.06. The molecule has 11 heteroatoms. The van der Waals surface area contributed by atoms with Crippen LogP contribution in [0, 0.1) is 5.82 Å². The minimum Gasteiger partial charge on any atom is -0.462 e. The first-order valence-corrected chi connectivity index (χ1v) is 13.4. The number of hydrogen-bond donors (Lipinski definition) is 1. The lowest BCUT2D eigenvalue weighted by Crippen LogP contribution is -2.40. The first-order chi connectivity index (χ1) is 19.6. The number of benzene rings is 2. The Hall–Kier alpha value is -4.67. The lowest BCUT2D eigenvalue weighted by molar-refractivity contribution is 0.0503. The lowest BCUT2D eigenvalue weighted by atomic mass is 10.0. The van der Waals surface area contributed by atoms with Crippen LogP contribution in [0.2, 0.25) is 0 Å². The highest BCUT2D eigenvalue weighted by molar-refractivity contribution is 6.01. The van der Waals surface area contributed by atoms with Crippen molar-refractivity contribution in [3.05, 3.63) is 64.3 Å². The maximum Gasteiger partial charge on any atom is 0.407 e. The summed E-state index contributed by atoms with van der Waals surface area (Å²) in [5.41, 5.74) is 0.0463. The van der Waals surface area contributed by atoms with Gasteiger partial charge in [-0.15, -0.1) is 0 Å². The summed E-state index contributed by atoms with van der Waals surface area (Å²) in [5.74, 6) is -0.982. The van der Waals surface area contributed by atoms with Crippen LogP contribution in [0.5, 0.6) is 11.5 Å². The number of carbonyl (C=O) groups excluding carboxylic acids is 2. The van der Waals surface area contributed by atoms with Gasteiger partial charge >= 0.3 is 12.1 Å². The van der Waals surface area contributed by atoms with Crippen LogP contribution >= 0.6 is 0 Å². The second kappa shape index (κ2) is 9.76. The second-order valence-corrected chi connectivity index (χ2v) is 11.1. The van der Waals surface area contributed by atoms with Crippen molar-refractivity contribution in [3.8, 4) is 17.2 Å². The molecule has 1 fully saturated rings. The first kappa shape index (κ1) is 26.5. The molecule has 1 N–H and O–H groups in total. The largest absolute Gasteiger partial charge is 0.462 e. The molecule has 1 atom stereocenters. The Balaban J connectivity index is 1.51. The number of ether oxygens (including phenoxy) is 3. The van der Waals surface area contributed by atoms with Gasteiger partial charge in [-0.1, -0.05) is 12.1 Å². The zero-order chi connectivity index (χ0) is 29.1. The van der Waals surface area contributed by atoms with E-state index in [4.69, 9.17) is 14.2 Å². The number of amides is 1. The van der Waals surface area contributed by atoms with Crippen molar-refractivity contribution in [2.24, 2.45) is 0 Å². The van der Waals surface area contributed by atoms with Crippen LogP contribution in [0.3, 0.4) is 0 Å². The van der Waals surface area contributed by atoms with E-state index < -0.39 is 28.9 Å². The Kier molecular flexibility index (Phi) is 6.32. The molecule has 212 valence electrons. The predicted molar refractivity (Wildman–Crippen MR) is 151 cm³/mol. The van der Waals surface area contributed by atoms with Gasteiger partial charge in [0, 0.05) is 30.9 Å². The fourth-order valence-electron chi connectivity index (χ4n) is 5.41. The zero-order valence-corrected chi connectivity index (χ0v) is 23.1. The monoisotopic (exact) mass is 560 g/mol. The van der Waals surface area contributed by atoms with Gasteiger partial charge in [0.05, 0.1) is 23.7 Å². The molecule has 2 aromatic carbocycles. The second-order valence-electron chi connectivity index (χ2n) is 11.1. The highest BCUT2D eigenvalue weighted by atomic mass is 19.1. The number of nitrogens with zero attached hydrogens (tertiary/aromatic N) is 3. The van der Waals surface area contributed by atoms with Crippen molar-refractivity contribution < 1.29 is 28.2 Å². The molecule has 41 heavy (non-hydrogen) atoms. The van der Waals surface area contributed by atoms with Crippen molar-refractivity contribution in [2.75, 3.05) is 24.6 Å². The molecule has 0 radical (unpaired) electrons. The highest BCUT2D eigenvalue weighted by Crippen LogP contribution is 2.48. The Labute approximate surface area is 234 Å². The summed E-state index contributed by atoms with van der Waals surface area (Å²) in [7, 11) is 0. The van der Waals surface area contributed by atoms with E-state index in [9.17, 15) is 14.4 Å². The molecule has 1 amide bonds. The summed E-state index contributed by atoms with van der Waals surface area (Å²) in [6.07, 6.45) is 3.05. The van der Waals surface area contributed by atoms with Crippen molar-refractivity contribution in [2.45, 2.75) is 45.8 Å². The molecule has 1 saturated heterocycles. The van der Waals surface area contributed by atoms with Gasteiger partial charge in [-0.05, 0) is 52.3 Å². The molecule has 10 nitrogen and oxygen atoms in total. The van der Waals surface area contributed by atoms with Crippen LogP contribution in [0.4, 0.5) is 14.9 Å². The summed E-state index contributed by atoms with van der Waals surface area (Å²) in [6, 6.07) is 8.20. The fraction of sp³-hybridized carbons (Fsp3) is 0.333. The van der Waals surface area contributed by atoms with Crippen LogP contribution in [0.1, 0.15) is 44.5 Å². The molecule has 2 aromatic heterocycles. The van der Waals surface area contributed by atoms with Gasteiger partial charge in [-0.3, -0.25) is 9.78 Å². The van der Waals surface area contributed by atoms with E-state index in [0.717, 1.165) is 11.5 Å². The molecular formula is C30H29FN4O6. The standard InChI is InChI=1S/C30H29FN4O6/c1-5-39-28(37)19-15-35-21-9-8-16-7-6-11-32-22(16)26(21)40-27-23(35)18(25(19)36)13-20(31)24(27)34-12-10-17(14-34)33-29(38)41-30(2,3)4/h6-9,11,13,15,17H,5,10,12,14H2,1-4H3,(H,33,38)/t17-/m0/s1. The third-order valence-corrected chi connectivity index (χ3v) is 7.06. The van der Waals surface area contributed by atoms with E-state index in [-0.39, 0.29) is 35.0 Å². The summed E-state index contributed by atoms with van der Waals surface area (Å²) in [5, 5.41) is 3.64. The topological polar surface area (TPSA) is 112 Å². The van der Waals surface area contributed by atoms with Crippen molar-refractivity contribution in [3.63, 3.8) is 0 Å². The van der Waals surface area contributed by atoms with E-state index in [0.29, 0.717) is 42.0 Å². The molecule has 4 aromatic rings. The van der Waals surface area contributed by atoms with E-state index in [2.05, 4.69) is 10.3 Å². The van der Waals surface area contributed by atoms with Gasteiger partial charge in [0.25, 0.3) is 0 Å². The molecule has 0 bridgehead atoms. The Morgan fingerprint density at radius 2 is 2.02 bits per heavy atom. The summed E-state index contributed by atoms with van der Waals surface area (Å²) in [6.45, 7) is 7.79. The number of nitrogens with one attached hydrogen (secondary N) is 1. The summed E-state index contributed by atoms with van der Waals surface area (Å²) < 4.78 is 34.6. The predicted octanol–water partition coefficient (Wildman–Crippen LogP) is 5.06. The van der Waals surface area contributed by atoms with E-state index >= 15 is 4.39 Å². The zero-order valence-electron chi connectivity index (χ0n) is 23.1. The van der Waals surface area contributed by atoms with Crippen molar-refractivity contribution in [1.82, 2.24) is 14.9 Å². The number of carbonyl (C=O) groups is 2. The van der Waals surface area contributed by atoms with Crippen LogP contribution in [0.25, 0.3) is 27.5 Å². The number of aromatic nitrogens is 2. The molecule has 0 unspecified atom stereocenters. The van der Waals surface area contributed by atoms with Gasteiger partial charge in [0.15, 0.2) is 17.3 Å². The van der Waals surface area contributed by atoms with Crippen LogP contribution in [0.15, 0.2) is 47.5 Å². The number of hydrogen-bond acceptors (Lipinski definition) is 8. The molecule has 2 aliphatic rings. The smallest absolute Gasteiger partial charge is 0.407 e. The number of rotatable bonds is 4. The number of esters is 1. The normalized spacial score (nSPS) is 15.9. The first-order valence-electron chi connectivity index (χ1n) is 13.4. The fourth-order valence-corrected chi connectivity index (χ4v) is 5.41. The minimum absolute atomic E-state index is 0.0128. The number of anilines is 1. The minimum atomic E-state index is -0.795. The maximum absolute atomic E-state index is 16.0. The van der Waals surface area contributed by atoms with Crippen LogP contribution in [-0.4, -0.2) is 53.0 Å². The molecule has 0 aliphatic carbocycles. The average molecular weight is 561 g/mol. The maximum atomic E-state index is 16.0. The molecule has 6 rings (SSSR count). The Morgan fingerprint density at radius 3 is 2.78 bits per heavy atom. The number of halogens is 1.